The summed E-state index contributed by atoms with van der Waals surface area (Å²) in [6, 6.07) is 3.40. The Labute approximate surface area is 182 Å². The molecule has 0 aliphatic carbocycles. The third-order valence-electron chi connectivity index (χ3n) is 5.60. The van der Waals surface area contributed by atoms with Gasteiger partial charge in [-0.1, -0.05) is 23.2 Å². The zero-order valence-electron chi connectivity index (χ0n) is 16.4. The number of hydrogen-bond acceptors (Lipinski definition) is 8. The van der Waals surface area contributed by atoms with E-state index in [9.17, 15) is 0 Å². The van der Waals surface area contributed by atoms with E-state index < -0.39 is 0 Å². The maximum Gasteiger partial charge on any atom is 0.165 e. The van der Waals surface area contributed by atoms with Gasteiger partial charge in [0, 0.05) is 17.9 Å². The number of benzene rings is 1. The number of aromatic nitrogens is 3. The predicted molar refractivity (Wildman–Crippen MR) is 116 cm³/mol. The first-order valence-corrected chi connectivity index (χ1v) is 10.1. The number of nitrogens with two attached hydrogens (primary N) is 1. The summed E-state index contributed by atoms with van der Waals surface area (Å²) in [4.78, 5) is 15.8. The van der Waals surface area contributed by atoms with Gasteiger partial charge in [-0.15, -0.1) is 0 Å². The fourth-order valence-corrected chi connectivity index (χ4v) is 4.58. The van der Waals surface area contributed by atoms with Crippen LogP contribution in [0.1, 0.15) is 6.42 Å². The number of halogens is 2. The monoisotopic (exact) mass is 447 g/mol. The molecule has 1 aromatic carbocycles. The third kappa shape index (κ3) is 2.90. The quantitative estimate of drug-likeness (QED) is 0.647. The first-order chi connectivity index (χ1) is 14.4. The largest absolute Gasteiger partial charge is 0.495 e. The molecule has 1 spiro atoms. The molecule has 0 radical (unpaired) electrons. The van der Waals surface area contributed by atoms with Crippen molar-refractivity contribution in [3.8, 4) is 22.9 Å². The van der Waals surface area contributed by atoms with Gasteiger partial charge in [-0.25, -0.2) is 15.0 Å². The van der Waals surface area contributed by atoms with E-state index in [1.165, 1.54) is 14.2 Å². The number of hydrogen-bond donors (Lipinski definition) is 1. The smallest absolute Gasteiger partial charge is 0.165 e. The standard InChI is InChI=1S/C20H19Cl2N5O3/c1-28-12-6-13(29-2)17(22)15(16(12)21)18-25-11-7-24-14(23)5-10(11)19(26-18)27-8-20(9-27)3-4-30-20/h5-7H,3-4,8-9H2,1-2H3,(H2,23,24). The van der Waals surface area contributed by atoms with Gasteiger partial charge in [0.25, 0.3) is 0 Å². The number of pyridine rings is 1. The van der Waals surface area contributed by atoms with E-state index >= 15 is 0 Å². The summed E-state index contributed by atoms with van der Waals surface area (Å²) in [5, 5.41) is 1.42. The van der Waals surface area contributed by atoms with E-state index in [0.717, 1.165) is 37.3 Å². The minimum absolute atomic E-state index is 0.0650. The van der Waals surface area contributed by atoms with Crippen LogP contribution in [0, 0.1) is 0 Å². The summed E-state index contributed by atoms with van der Waals surface area (Å²) in [7, 11) is 3.05. The summed E-state index contributed by atoms with van der Waals surface area (Å²) in [6.07, 6.45) is 2.67. The number of methoxy groups -OCH3 is 2. The van der Waals surface area contributed by atoms with Gasteiger partial charge in [-0.3, -0.25) is 0 Å². The van der Waals surface area contributed by atoms with Crippen molar-refractivity contribution in [1.29, 1.82) is 0 Å². The molecule has 2 aromatic heterocycles. The average Bonchev–Trinajstić information content (AvgIpc) is 2.66. The molecule has 2 saturated heterocycles. The highest BCUT2D eigenvalue weighted by Crippen LogP contribution is 2.46. The molecule has 0 bridgehead atoms. The molecule has 5 rings (SSSR count). The Balaban J connectivity index is 1.70. The highest BCUT2D eigenvalue weighted by molar-refractivity contribution is 6.41. The second-order valence-electron chi connectivity index (χ2n) is 7.42. The fraction of sp³-hybridized carbons (Fsp3) is 0.350. The Bertz CT molecular complexity index is 1130. The first-order valence-electron chi connectivity index (χ1n) is 9.37. The average molecular weight is 448 g/mol. The number of anilines is 2. The lowest BCUT2D eigenvalue weighted by molar-refractivity contribution is -0.161. The van der Waals surface area contributed by atoms with Gasteiger partial charge in [0.05, 0.1) is 61.2 Å². The maximum atomic E-state index is 6.60. The van der Waals surface area contributed by atoms with Crippen LogP contribution in [0.2, 0.25) is 10.0 Å². The van der Waals surface area contributed by atoms with Crippen LogP contribution < -0.4 is 20.1 Å². The molecule has 2 aliphatic heterocycles. The van der Waals surface area contributed by atoms with Crippen molar-refractivity contribution in [3.05, 3.63) is 28.4 Å². The number of fused-ring (bicyclic) bond motifs is 1. The van der Waals surface area contributed by atoms with Crippen molar-refractivity contribution in [2.45, 2.75) is 12.0 Å². The molecule has 10 heteroatoms. The van der Waals surface area contributed by atoms with E-state index in [2.05, 4.69) is 14.9 Å². The Morgan fingerprint density at radius 3 is 2.33 bits per heavy atom. The summed E-state index contributed by atoms with van der Waals surface area (Å²) < 4.78 is 16.5. The van der Waals surface area contributed by atoms with E-state index in [1.54, 1.807) is 18.3 Å². The van der Waals surface area contributed by atoms with Crippen LogP contribution in [0.4, 0.5) is 11.6 Å². The molecule has 4 heterocycles. The van der Waals surface area contributed by atoms with Gasteiger partial charge in [-0.2, -0.15) is 0 Å². The lowest BCUT2D eigenvalue weighted by Crippen LogP contribution is -2.68. The van der Waals surface area contributed by atoms with Crippen molar-refractivity contribution in [3.63, 3.8) is 0 Å². The second kappa shape index (κ2) is 7.01. The molecule has 8 nitrogen and oxygen atoms in total. The van der Waals surface area contributed by atoms with Gasteiger partial charge >= 0.3 is 0 Å². The molecule has 2 N–H and O–H groups in total. The molecule has 0 saturated carbocycles. The molecule has 3 aromatic rings. The van der Waals surface area contributed by atoms with Crippen LogP contribution >= 0.6 is 23.2 Å². The lowest BCUT2D eigenvalue weighted by atomic mass is 9.86. The Morgan fingerprint density at radius 1 is 1.10 bits per heavy atom. The molecule has 0 unspecified atom stereocenters. The summed E-state index contributed by atoms with van der Waals surface area (Å²) in [6.45, 7) is 2.31. The number of rotatable bonds is 4. The van der Waals surface area contributed by atoms with E-state index in [1.807, 2.05) is 0 Å². The highest BCUT2D eigenvalue weighted by Gasteiger charge is 2.50. The summed E-state index contributed by atoms with van der Waals surface area (Å²) in [5.41, 5.74) is 6.93. The number of ether oxygens (including phenoxy) is 3. The van der Waals surface area contributed by atoms with E-state index in [0.29, 0.717) is 44.3 Å². The van der Waals surface area contributed by atoms with Gasteiger partial charge in [-0.05, 0) is 6.07 Å². The predicted octanol–water partition coefficient (Wildman–Crippen LogP) is 3.58. The molecule has 0 amide bonds. The van der Waals surface area contributed by atoms with Crippen LogP contribution in [0.3, 0.4) is 0 Å². The first kappa shape index (κ1) is 19.4. The fourth-order valence-electron chi connectivity index (χ4n) is 3.91. The molecule has 0 atom stereocenters. The lowest BCUT2D eigenvalue weighted by Gasteiger charge is -2.55. The van der Waals surface area contributed by atoms with Gasteiger partial charge in [0.15, 0.2) is 5.82 Å². The molecule has 30 heavy (non-hydrogen) atoms. The van der Waals surface area contributed by atoms with Crippen LogP contribution in [-0.2, 0) is 4.74 Å². The number of nitrogens with zero attached hydrogens (tertiary/aromatic N) is 4. The van der Waals surface area contributed by atoms with Gasteiger partial charge in [0.2, 0.25) is 0 Å². The van der Waals surface area contributed by atoms with E-state index in [4.69, 9.17) is 48.1 Å². The minimum atomic E-state index is -0.0650. The van der Waals surface area contributed by atoms with E-state index in [-0.39, 0.29) is 5.60 Å². The molecule has 2 aliphatic rings. The molecule has 156 valence electrons. The highest BCUT2D eigenvalue weighted by atomic mass is 35.5. The summed E-state index contributed by atoms with van der Waals surface area (Å²) >= 11 is 13.2. The zero-order chi connectivity index (χ0) is 21.0. The van der Waals surface area contributed by atoms with Gasteiger partial charge in [0.1, 0.15) is 28.7 Å². The minimum Gasteiger partial charge on any atom is -0.495 e. The van der Waals surface area contributed by atoms with Crippen molar-refractivity contribution in [2.24, 2.45) is 0 Å². The van der Waals surface area contributed by atoms with Crippen LogP contribution in [0.5, 0.6) is 11.5 Å². The van der Waals surface area contributed by atoms with Gasteiger partial charge < -0.3 is 24.8 Å². The van der Waals surface area contributed by atoms with Crippen molar-refractivity contribution >= 4 is 45.7 Å². The Hall–Kier alpha value is -2.55. The Kier molecular flexibility index (Phi) is 4.53. The number of nitrogen functional groups attached to an aromatic ring is 1. The van der Waals surface area contributed by atoms with Crippen LogP contribution in [0.15, 0.2) is 18.3 Å². The second-order valence-corrected chi connectivity index (χ2v) is 8.17. The van der Waals surface area contributed by atoms with Crippen molar-refractivity contribution in [1.82, 2.24) is 15.0 Å². The van der Waals surface area contributed by atoms with Crippen LogP contribution in [0.25, 0.3) is 22.3 Å². The molecular formula is C20H19Cl2N5O3. The zero-order valence-corrected chi connectivity index (χ0v) is 17.9. The third-order valence-corrected chi connectivity index (χ3v) is 6.35. The Morgan fingerprint density at radius 2 is 1.77 bits per heavy atom. The maximum absolute atomic E-state index is 6.60. The summed E-state index contributed by atoms with van der Waals surface area (Å²) in [5.74, 6) is 2.32. The SMILES string of the molecule is COc1cc(OC)c(Cl)c(-c2nc(N3CC4(CCO4)C3)c3cc(N)ncc3n2)c1Cl. The van der Waals surface area contributed by atoms with Crippen molar-refractivity contribution < 1.29 is 14.2 Å². The van der Waals surface area contributed by atoms with Crippen molar-refractivity contribution in [2.75, 3.05) is 44.5 Å². The normalized spacial score (nSPS) is 17.0. The van der Waals surface area contributed by atoms with Crippen LogP contribution in [-0.4, -0.2) is 54.5 Å². The molecular weight excluding hydrogens is 429 g/mol. The topological polar surface area (TPSA) is 95.6 Å². The molecule has 2 fully saturated rings.